The average molecular weight is 340 g/mol. The summed E-state index contributed by atoms with van der Waals surface area (Å²) in [7, 11) is -3.67. The Hall–Kier alpha value is -1.92. The van der Waals surface area contributed by atoms with Gasteiger partial charge >= 0.3 is 0 Å². The van der Waals surface area contributed by atoms with Gasteiger partial charge in [0.15, 0.2) is 0 Å². The Morgan fingerprint density at radius 1 is 1.09 bits per heavy atom. The smallest absolute Gasteiger partial charge is 0.265 e. The van der Waals surface area contributed by atoms with Crippen LogP contribution in [0, 0.1) is 20.8 Å². The zero-order valence-corrected chi connectivity index (χ0v) is 14.2. The van der Waals surface area contributed by atoms with E-state index in [0.29, 0.717) is 11.1 Å². The van der Waals surface area contributed by atoms with Gasteiger partial charge in [-0.25, -0.2) is 4.83 Å². The van der Waals surface area contributed by atoms with Crippen molar-refractivity contribution < 1.29 is 8.42 Å². The minimum absolute atomic E-state index is 0. The van der Waals surface area contributed by atoms with Crippen LogP contribution in [-0.2, 0) is 10.0 Å². The first-order chi connectivity index (χ1) is 9.90. The molecule has 1 N–H and O–H groups in total. The lowest BCUT2D eigenvalue weighted by molar-refractivity contribution is 0.583. The van der Waals surface area contributed by atoms with Crippen LogP contribution in [0.5, 0.6) is 0 Å². The quantitative estimate of drug-likeness (QED) is 0.687. The van der Waals surface area contributed by atoms with Crippen molar-refractivity contribution >= 4 is 28.6 Å². The Labute approximate surface area is 136 Å². The van der Waals surface area contributed by atoms with Gasteiger partial charge in [-0.05, 0) is 49.6 Å². The van der Waals surface area contributed by atoms with Crippen LogP contribution in [0.15, 0.2) is 46.7 Å². The molecule has 0 fully saturated rings. The highest BCUT2D eigenvalue weighted by Gasteiger charge is 2.18. The largest absolute Gasteiger partial charge is 0.277 e. The van der Waals surface area contributed by atoms with Gasteiger partial charge < -0.3 is 0 Å². The van der Waals surface area contributed by atoms with Crippen molar-refractivity contribution in [1.82, 2.24) is 9.82 Å². The molecule has 0 unspecified atom stereocenters. The molecule has 5 nitrogen and oxygen atoms in total. The van der Waals surface area contributed by atoms with Crippen molar-refractivity contribution in [2.24, 2.45) is 5.10 Å². The van der Waals surface area contributed by atoms with Crippen molar-refractivity contribution in [3.8, 4) is 0 Å². The van der Waals surface area contributed by atoms with Gasteiger partial charge in [-0.2, -0.15) is 13.5 Å². The van der Waals surface area contributed by atoms with Crippen LogP contribution in [0.25, 0.3) is 0 Å². The van der Waals surface area contributed by atoms with Crippen molar-refractivity contribution in [3.63, 3.8) is 0 Å². The second-order valence-corrected chi connectivity index (χ2v) is 6.46. The molecular formula is C15H18ClN3O2S. The monoisotopic (exact) mass is 339 g/mol. The molecule has 0 saturated carbocycles. The van der Waals surface area contributed by atoms with E-state index >= 15 is 0 Å². The summed E-state index contributed by atoms with van der Waals surface area (Å²) in [5.41, 5.74) is 3.22. The number of hydrazone groups is 1. The van der Waals surface area contributed by atoms with E-state index in [1.165, 1.54) is 6.21 Å². The zero-order chi connectivity index (χ0) is 15.5. The van der Waals surface area contributed by atoms with Gasteiger partial charge in [-0.1, -0.05) is 17.7 Å². The number of benzene rings is 1. The van der Waals surface area contributed by atoms with Crippen molar-refractivity contribution in [1.29, 1.82) is 0 Å². The van der Waals surface area contributed by atoms with Crippen LogP contribution >= 0.6 is 12.4 Å². The molecule has 0 aliphatic carbocycles. The summed E-state index contributed by atoms with van der Waals surface area (Å²) < 4.78 is 24.7. The number of aryl methyl sites for hydroxylation is 3. The minimum atomic E-state index is -3.67. The van der Waals surface area contributed by atoms with Gasteiger partial charge in [0.05, 0.1) is 11.1 Å². The molecule has 0 radical (unpaired) electrons. The molecule has 0 aliphatic rings. The molecule has 0 saturated heterocycles. The Morgan fingerprint density at radius 3 is 2.18 bits per heavy atom. The van der Waals surface area contributed by atoms with E-state index < -0.39 is 10.0 Å². The van der Waals surface area contributed by atoms with Crippen LogP contribution in [0.2, 0.25) is 0 Å². The van der Waals surface area contributed by atoms with Gasteiger partial charge in [0.25, 0.3) is 10.0 Å². The summed E-state index contributed by atoms with van der Waals surface area (Å²) in [5.74, 6) is 0. The third kappa shape index (κ3) is 4.29. The molecule has 0 spiro atoms. The highest BCUT2D eigenvalue weighted by Crippen LogP contribution is 2.21. The first kappa shape index (κ1) is 18.1. The van der Waals surface area contributed by atoms with E-state index in [9.17, 15) is 8.42 Å². The maximum Gasteiger partial charge on any atom is 0.277 e. The predicted octanol–water partition coefficient (Wildman–Crippen LogP) is 2.74. The Balaban J connectivity index is 0.00000242. The molecular weight excluding hydrogens is 322 g/mol. The molecule has 2 rings (SSSR count). The number of hydrogen-bond acceptors (Lipinski definition) is 4. The summed E-state index contributed by atoms with van der Waals surface area (Å²) in [6.45, 7) is 5.49. The Bertz CT molecular complexity index is 752. The molecule has 0 bridgehead atoms. The molecule has 1 aromatic carbocycles. The molecule has 118 valence electrons. The Morgan fingerprint density at radius 2 is 1.64 bits per heavy atom. The second-order valence-electron chi connectivity index (χ2n) is 4.86. The fourth-order valence-electron chi connectivity index (χ4n) is 2.26. The fourth-order valence-corrected chi connectivity index (χ4v) is 3.50. The molecule has 2 aromatic rings. The Kier molecular flexibility index (Phi) is 6.08. The first-order valence-corrected chi connectivity index (χ1v) is 7.91. The zero-order valence-electron chi connectivity index (χ0n) is 12.6. The van der Waals surface area contributed by atoms with Crippen molar-refractivity contribution in [2.45, 2.75) is 25.7 Å². The summed E-state index contributed by atoms with van der Waals surface area (Å²) >= 11 is 0. The number of halogens is 1. The van der Waals surface area contributed by atoms with Crippen LogP contribution < -0.4 is 4.83 Å². The summed E-state index contributed by atoms with van der Waals surface area (Å²) in [4.78, 5) is 6.40. The maximum atomic E-state index is 12.3. The van der Waals surface area contributed by atoms with Gasteiger partial charge in [-0.15, -0.1) is 12.4 Å². The maximum absolute atomic E-state index is 12.3. The van der Waals surface area contributed by atoms with Gasteiger partial charge in [-0.3, -0.25) is 4.98 Å². The number of pyridine rings is 1. The van der Waals surface area contributed by atoms with E-state index in [-0.39, 0.29) is 17.3 Å². The van der Waals surface area contributed by atoms with E-state index in [4.69, 9.17) is 0 Å². The molecule has 1 heterocycles. The van der Waals surface area contributed by atoms with E-state index in [1.807, 2.05) is 19.1 Å². The van der Waals surface area contributed by atoms with Crippen LogP contribution in [0.4, 0.5) is 0 Å². The lowest BCUT2D eigenvalue weighted by Gasteiger charge is -2.11. The third-order valence-electron chi connectivity index (χ3n) is 2.97. The number of aromatic nitrogens is 1. The minimum Gasteiger partial charge on any atom is -0.265 e. The lowest BCUT2D eigenvalue weighted by atomic mass is 10.1. The number of nitrogens with one attached hydrogen (secondary N) is 1. The summed E-state index contributed by atoms with van der Waals surface area (Å²) in [6, 6.07) is 7.16. The normalized spacial score (nSPS) is 11.2. The number of hydrogen-bond donors (Lipinski definition) is 1. The first-order valence-electron chi connectivity index (χ1n) is 6.43. The van der Waals surface area contributed by atoms with Gasteiger partial charge in [0.2, 0.25) is 0 Å². The van der Waals surface area contributed by atoms with E-state index in [1.54, 1.807) is 38.4 Å². The number of nitrogens with zero attached hydrogens (tertiary/aromatic N) is 2. The van der Waals surface area contributed by atoms with E-state index in [0.717, 1.165) is 11.1 Å². The van der Waals surface area contributed by atoms with Crippen molar-refractivity contribution in [2.75, 3.05) is 0 Å². The third-order valence-corrected chi connectivity index (χ3v) is 4.49. The van der Waals surface area contributed by atoms with E-state index in [2.05, 4.69) is 14.9 Å². The second kappa shape index (κ2) is 7.38. The van der Waals surface area contributed by atoms with Gasteiger partial charge in [0.1, 0.15) is 0 Å². The highest BCUT2D eigenvalue weighted by molar-refractivity contribution is 7.89. The number of rotatable bonds is 4. The van der Waals surface area contributed by atoms with Gasteiger partial charge in [0, 0.05) is 12.4 Å². The molecule has 0 amide bonds. The van der Waals surface area contributed by atoms with Crippen LogP contribution in [-0.4, -0.2) is 19.6 Å². The molecule has 22 heavy (non-hydrogen) atoms. The van der Waals surface area contributed by atoms with Crippen LogP contribution in [0.1, 0.15) is 22.3 Å². The summed E-state index contributed by atoms with van der Waals surface area (Å²) in [6.07, 6.45) is 4.67. The average Bonchev–Trinajstić information content (AvgIpc) is 2.38. The topological polar surface area (TPSA) is 71.4 Å². The SMILES string of the molecule is Cc1cc(C)c(S(=O)(=O)N/N=C/c2ccncc2)c(C)c1.Cl. The molecule has 7 heteroatoms. The molecule has 0 atom stereocenters. The predicted molar refractivity (Wildman–Crippen MR) is 90.1 cm³/mol. The highest BCUT2D eigenvalue weighted by atomic mass is 35.5. The standard InChI is InChI=1S/C15H17N3O2S.ClH/c1-11-8-12(2)15(13(3)9-11)21(19,20)18-17-10-14-4-6-16-7-5-14;/h4-10,18H,1-3H3;1H/b17-10+;. The molecule has 1 aromatic heterocycles. The molecule has 0 aliphatic heterocycles. The summed E-state index contributed by atoms with van der Waals surface area (Å²) in [5, 5.41) is 3.80. The lowest BCUT2D eigenvalue weighted by Crippen LogP contribution is -2.20. The van der Waals surface area contributed by atoms with Crippen LogP contribution in [0.3, 0.4) is 0 Å². The van der Waals surface area contributed by atoms with Crippen molar-refractivity contribution in [3.05, 3.63) is 58.9 Å². The number of sulfonamides is 1. The fraction of sp³-hybridized carbons (Fsp3) is 0.200.